The lowest BCUT2D eigenvalue weighted by Crippen LogP contribution is -2.41. The van der Waals surface area contributed by atoms with Gasteiger partial charge < -0.3 is 15.0 Å². The molecule has 1 N–H and O–H groups in total. The maximum absolute atomic E-state index is 12.3. The van der Waals surface area contributed by atoms with Crippen LogP contribution < -0.4 is 10.2 Å². The summed E-state index contributed by atoms with van der Waals surface area (Å²) in [6.45, 7) is 9.92. The minimum absolute atomic E-state index is 0.000141. The van der Waals surface area contributed by atoms with Gasteiger partial charge >= 0.3 is 5.97 Å². The molecule has 1 aliphatic rings. The number of hydrogen-bond donors (Lipinski definition) is 1. The normalized spacial score (nSPS) is 17.2. The van der Waals surface area contributed by atoms with Crippen molar-refractivity contribution in [1.82, 2.24) is 15.3 Å². The molecule has 1 amide bonds. The van der Waals surface area contributed by atoms with Gasteiger partial charge in [0, 0.05) is 26.6 Å². The SMILES string of the molecule is CCOC(=O)c1sc2nc(C)nc(N3CCCC(CNC(C)=O)C3)c2c1C. The highest BCUT2D eigenvalue weighted by Crippen LogP contribution is 2.37. The first kappa shape index (κ1) is 19.5. The molecule has 0 aromatic carbocycles. The number of nitrogens with zero attached hydrogens (tertiary/aromatic N) is 3. The van der Waals surface area contributed by atoms with Gasteiger partial charge in [0.15, 0.2) is 0 Å². The summed E-state index contributed by atoms with van der Waals surface area (Å²) in [5.74, 6) is 1.66. The molecule has 1 saturated heterocycles. The largest absolute Gasteiger partial charge is 0.462 e. The van der Waals surface area contributed by atoms with Crippen molar-refractivity contribution >= 4 is 39.2 Å². The number of piperidine rings is 1. The van der Waals surface area contributed by atoms with Crippen molar-refractivity contribution in [2.45, 2.75) is 40.5 Å². The molecule has 0 radical (unpaired) electrons. The van der Waals surface area contributed by atoms with Crippen molar-refractivity contribution in [2.24, 2.45) is 5.92 Å². The molecule has 2 aromatic rings. The summed E-state index contributed by atoms with van der Waals surface area (Å²) >= 11 is 1.37. The minimum Gasteiger partial charge on any atom is -0.462 e. The predicted molar refractivity (Wildman–Crippen MR) is 106 cm³/mol. The van der Waals surface area contributed by atoms with E-state index in [1.165, 1.54) is 11.3 Å². The van der Waals surface area contributed by atoms with E-state index in [-0.39, 0.29) is 11.9 Å². The van der Waals surface area contributed by atoms with Crippen LogP contribution in [0.5, 0.6) is 0 Å². The van der Waals surface area contributed by atoms with Crippen LogP contribution in [0.2, 0.25) is 0 Å². The molecule has 146 valence electrons. The summed E-state index contributed by atoms with van der Waals surface area (Å²) < 4.78 is 5.19. The van der Waals surface area contributed by atoms with Crippen molar-refractivity contribution in [1.29, 1.82) is 0 Å². The van der Waals surface area contributed by atoms with Crippen LogP contribution in [0.4, 0.5) is 5.82 Å². The number of nitrogens with one attached hydrogen (secondary N) is 1. The van der Waals surface area contributed by atoms with E-state index in [0.29, 0.717) is 29.8 Å². The van der Waals surface area contributed by atoms with Gasteiger partial charge in [-0.2, -0.15) is 0 Å². The molecule has 1 atom stereocenters. The molecule has 0 spiro atoms. The fourth-order valence-electron chi connectivity index (χ4n) is 3.55. The third-order valence-electron chi connectivity index (χ3n) is 4.80. The van der Waals surface area contributed by atoms with Crippen LogP contribution in [0.15, 0.2) is 0 Å². The van der Waals surface area contributed by atoms with E-state index in [4.69, 9.17) is 9.72 Å². The molecule has 0 bridgehead atoms. The summed E-state index contributed by atoms with van der Waals surface area (Å²) in [5, 5.41) is 3.86. The Morgan fingerprint density at radius 1 is 1.33 bits per heavy atom. The molecule has 1 fully saturated rings. The van der Waals surface area contributed by atoms with Gasteiger partial charge in [-0.3, -0.25) is 4.79 Å². The zero-order valence-corrected chi connectivity index (χ0v) is 17.1. The quantitative estimate of drug-likeness (QED) is 0.791. The third-order valence-corrected chi connectivity index (χ3v) is 5.97. The fourth-order valence-corrected chi connectivity index (χ4v) is 4.67. The van der Waals surface area contributed by atoms with E-state index in [1.807, 2.05) is 13.8 Å². The van der Waals surface area contributed by atoms with E-state index in [0.717, 1.165) is 47.5 Å². The zero-order valence-electron chi connectivity index (χ0n) is 16.3. The summed E-state index contributed by atoms with van der Waals surface area (Å²) in [4.78, 5) is 36.5. The van der Waals surface area contributed by atoms with Crippen molar-refractivity contribution in [2.75, 3.05) is 31.1 Å². The van der Waals surface area contributed by atoms with Crippen LogP contribution in [0.25, 0.3) is 10.2 Å². The Hall–Kier alpha value is -2.22. The van der Waals surface area contributed by atoms with Crippen LogP contribution in [-0.2, 0) is 9.53 Å². The summed E-state index contributed by atoms with van der Waals surface area (Å²) in [6.07, 6.45) is 2.13. The summed E-state index contributed by atoms with van der Waals surface area (Å²) in [5.41, 5.74) is 0.882. The molecule has 3 rings (SSSR count). The number of fused-ring (bicyclic) bond motifs is 1. The molecule has 1 unspecified atom stereocenters. The number of rotatable bonds is 5. The molecular weight excluding hydrogens is 364 g/mol. The van der Waals surface area contributed by atoms with E-state index >= 15 is 0 Å². The number of hydrogen-bond acceptors (Lipinski definition) is 7. The number of anilines is 1. The number of aryl methyl sites for hydroxylation is 2. The number of carbonyl (C=O) groups excluding carboxylic acids is 2. The zero-order chi connectivity index (χ0) is 19.6. The highest BCUT2D eigenvalue weighted by atomic mass is 32.1. The van der Waals surface area contributed by atoms with Crippen molar-refractivity contribution < 1.29 is 14.3 Å². The van der Waals surface area contributed by atoms with Crippen molar-refractivity contribution in [3.05, 3.63) is 16.3 Å². The average Bonchev–Trinajstić information content (AvgIpc) is 2.96. The van der Waals surface area contributed by atoms with Crippen LogP contribution >= 0.6 is 11.3 Å². The van der Waals surface area contributed by atoms with Gasteiger partial charge in [-0.25, -0.2) is 14.8 Å². The molecule has 0 saturated carbocycles. The van der Waals surface area contributed by atoms with Gasteiger partial charge in [-0.05, 0) is 45.1 Å². The highest BCUT2D eigenvalue weighted by Gasteiger charge is 2.26. The Morgan fingerprint density at radius 2 is 2.11 bits per heavy atom. The maximum Gasteiger partial charge on any atom is 0.348 e. The topological polar surface area (TPSA) is 84.4 Å². The molecule has 2 aromatic heterocycles. The second kappa shape index (κ2) is 8.21. The number of carbonyl (C=O) groups is 2. The second-order valence-electron chi connectivity index (χ2n) is 6.94. The Kier molecular flexibility index (Phi) is 5.94. The van der Waals surface area contributed by atoms with Gasteiger partial charge in [0.2, 0.25) is 5.91 Å². The first-order chi connectivity index (χ1) is 12.9. The molecule has 0 aliphatic carbocycles. The lowest BCUT2D eigenvalue weighted by Gasteiger charge is -2.34. The van der Waals surface area contributed by atoms with Gasteiger partial charge in [0.1, 0.15) is 21.3 Å². The Bertz CT molecular complexity index is 864. The van der Waals surface area contributed by atoms with Gasteiger partial charge in [0.05, 0.1) is 12.0 Å². The molecule has 8 heteroatoms. The number of esters is 1. The van der Waals surface area contributed by atoms with Crippen LogP contribution in [0.1, 0.15) is 47.7 Å². The smallest absolute Gasteiger partial charge is 0.348 e. The first-order valence-corrected chi connectivity index (χ1v) is 10.2. The van der Waals surface area contributed by atoms with Gasteiger partial charge in [-0.1, -0.05) is 0 Å². The van der Waals surface area contributed by atoms with E-state index in [1.54, 1.807) is 13.8 Å². The number of thiophene rings is 1. The van der Waals surface area contributed by atoms with Crippen LogP contribution in [0.3, 0.4) is 0 Å². The third kappa shape index (κ3) is 4.21. The molecular formula is C19H26N4O3S. The predicted octanol–water partition coefficient (Wildman–Crippen LogP) is 2.84. The summed E-state index contributed by atoms with van der Waals surface area (Å²) in [7, 11) is 0. The van der Waals surface area contributed by atoms with E-state index < -0.39 is 0 Å². The standard InChI is InChI=1S/C19H26N4O3S/c1-5-26-19(25)16-11(2)15-17(21-12(3)22-18(15)27-16)23-8-6-7-14(10-23)9-20-13(4)24/h14H,5-10H2,1-4H3,(H,20,24). The number of ether oxygens (including phenoxy) is 1. The van der Waals surface area contributed by atoms with Gasteiger partial charge in [0.25, 0.3) is 0 Å². The fraction of sp³-hybridized carbons (Fsp3) is 0.579. The number of aromatic nitrogens is 2. The number of amides is 1. The van der Waals surface area contributed by atoms with E-state index in [2.05, 4.69) is 15.2 Å². The van der Waals surface area contributed by atoms with Crippen molar-refractivity contribution in [3.63, 3.8) is 0 Å². The molecule has 3 heterocycles. The highest BCUT2D eigenvalue weighted by molar-refractivity contribution is 7.20. The second-order valence-corrected chi connectivity index (χ2v) is 7.94. The van der Waals surface area contributed by atoms with Crippen molar-refractivity contribution in [3.8, 4) is 0 Å². The van der Waals surface area contributed by atoms with E-state index in [9.17, 15) is 9.59 Å². The molecule has 7 nitrogen and oxygen atoms in total. The summed E-state index contributed by atoms with van der Waals surface area (Å²) in [6, 6.07) is 0. The Balaban J connectivity index is 1.95. The Morgan fingerprint density at radius 3 is 2.81 bits per heavy atom. The Labute approximate surface area is 163 Å². The average molecular weight is 391 g/mol. The monoisotopic (exact) mass is 390 g/mol. The van der Waals surface area contributed by atoms with Crippen LogP contribution in [0, 0.1) is 19.8 Å². The van der Waals surface area contributed by atoms with Crippen LogP contribution in [-0.4, -0.2) is 48.1 Å². The maximum atomic E-state index is 12.3. The lowest BCUT2D eigenvalue weighted by atomic mass is 9.97. The molecule has 27 heavy (non-hydrogen) atoms. The first-order valence-electron chi connectivity index (χ1n) is 9.35. The lowest BCUT2D eigenvalue weighted by molar-refractivity contribution is -0.119. The molecule has 1 aliphatic heterocycles. The minimum atomic E-state index is -0.302. The van der Waals surface area contributed by atoms with Gasteiger partial charge in [-0.15, -0.1) is 11.3 Å².